The number of pyridine rings is 1. The van der Waals surface area contributed by atoms with Gasteiger partial charge in [0.25, 0.3) is 5.92 Å². The topological polar surface area (TPSA) is 53.4 Å². The molecule has 1 atom stereocenters. The fourth-order valence-electron chi connectivity index (χ4n) is 1.96. The van der Waals surface area contributed by atoms with Gasteiger partial charge in [-0.2, -0.15) is 0 Å². The Morgan fingerprint density at radius 1 is 1.56 bits per heavy atom. The number of carbonyl (C=O) groups is 1. The normalized spacial score (nSPS) is 22.8. The van der Waals surface area contributed by atoms with E-state index in [9.17, 15) is 13.6 Å². The molecule has 98 valence electrons. The van der Waals surface area contributed by atoms with E-state index in [2.05, 4.69) is 4.98 Å². The van der Waals surface area contributed by atoms with Gasteiger partial charge in [-0.15, -0.1) is 0 Å². The van der Waals surface area contributed by atoms with Gasteiger partial charge in [-0.25, -0.2) is 18.6 Å². The zero-order valence-corrected chi connectivity index (χ0v) is 9.94. The SMILES string of the molecule is CC1CCN(c2cccc(C(=O)O)n2)CC1(F)F. The first-order valence-corrected chi connectivity index (χ1v) is 5.73. The Morgan fingerprint density at radius 3 is 2.89 bits per heavy atom. The largest absolute Gasteiger partial charge is 0.477 e. The monoisotopic (exact) mass is 256 g/mol. The van der Waals surface area contributed by atoms with Gasteiger partial charge in [-0.3, -0.25) is 0 Å². The first-order valence-electron chi connectivity index (χ1n) is 5.73. The number of aromatic carboxylic acids is 1. The number of carboxylic acids is 1. The maximum Gasteiger partial charge on any atom is 0.354 e. The minimum absolute atomic E-state index is 0.130. The van der Waals surface area contributed by atoms with Crippen LogP contribution in [0.15, 0.2) is 18.2 Å². The van der Waals surface area contributed by atoms with Crippen LogP contribution < -0.4 is 4.90 Å². The third-order valence-corrected chi connectivity index (χ3v) is 3.23. The number of nitrogens with zero attached hydrogens (tertiary/aromatic N) is 2. The molecular weight excluding hydrogens is 242 g/mol. The quantitative estimate of drug-likeness (QED) is 0.881. The number of alkyl halides is 2. The number of aromatic nitrogens is 1. The first-order chi connectivity index (χ1) is 8.40. The molecule has 0 bridgehead atoms. The fraction of sp³-hybridized carbons (Fsp3) is 0.500. The predicted molar refractivity (Wildman–Crippen MR) is 62.1 cm³/mol. The zero-order valence-electron chi connectivity index (χ0n) is 9.94. The molecule has 2 rings (SSSR count). The summed E-state index contributed by atoms with van der Waals surface area (Å²) in [5, 5.41) is 8.82. The van der Waals surface area contributed by atoms with Crippen molar-refractivity contribution in [1.82, 2.24) is 4.98 Å². The third kappa shape index (κ3) is 2.42. The van der Waals surface area contributed by atoms with Gasteiger partial charge in [0.15, 0.2) is 5.69 Å². The first kappa shape index (κ1) is 12.7. The van der Waals surface area contributed by atoms with Crippen molar-refractivity contribution >= 4 is 11.8 Å². The van der Waals surface area contributed by atoms with Crippen LogP contribution in [-0.4, -0.2) is 35.1 Å². The summed E-state index contributed by atoms with van der Waals surface area (Å²) in [5.41, 5.74) is -0.130. The highest BCUT2D eigenvalue weighted by Gasteiger charge is 2.42. The van der Waals surface area contributed by atoms with Gasteiger partial charge in [-0.1, -0.05) is 13.0 Å². The lowest BCUT2D eigenvalue weighted by Gasteiger charge is -2.37. The molecule has 6 heteroatoms. The molecule has 1 unspecified atom stereocenters. The van der Waals surface area contributed by atoms with Gasteiger partial charge in [0.05, 0.1) is 6.54 Å². The maximum absolute atomic E-state index is 13.6. The summed E-state index contributed by atoms with van der Waals surface area (Å²) < 4.78 is 27.2. The van der Waals surface area contributed by atoms with E-state index in [4.69, 9.17) is 5.11 Å². The molecule has 1 N–H and O–H groups in total. The van der Waals surface area contributed by atoms with Gasteiger partial charge in [0.2, 0.25) is 0 Å². The van der Waals surface area contributed by atoms with Crippen LogP contribution in [0.3, 0.4) is 0 Å². The number of hydrogen-bond donors (Lipinski definition) is 1. The number of rotatable bonds is 2. The molecule has 0 aromatic carbocycles. The summed E-state index contributed by atoms with van der Waals surface area (Å²) in [6, 6.07) is 4.41. The second-order valence-corrected chi connectivity index (χ2v) is 4.56. The molecule has 0 spiro atoms. The molecule has 1 aliphatic heterocycles. The highest BCUT2D eigenvalue weighted by atomic mass is 19.3. The summed E-state index contributed by atoms with van der Waals surface area (Å²) in [6.07, 6.45) is 0.367. The van der Waals surface area contributed by atoms with E-state index in [1.165, 1.54) is 24.0 Å². The van der Waals surface area contributed by atoms with Gasteiger partial charge < -0.3 is 10.0 Å². The molecule has 0 aliphatic carbocycles. The van der Waals surface area contributed by atoms with Crippen molar-refractivity contribution in [2.45, 2.75) is 19.3 Å². The predicted octanol–water partition coefficient (Wildman–Crippen LogP) is 2.26. The summed E-state index contributed by atoms with van der Waals surface area (Å²) >= 11 is 0. The van der Waals surface area contributed by atoms with Crippen molar-refractivity contribution < 1.29 is 18.7 Å². The van der Waals surface area contributed by atoms with Crippen molar-refractivity contribution in [1.29, 1.82) is 0 Å². The molecule has 4 nitrogen and oxygen atoms in total. The number of carboxylic acid groups (broad SMARTS) is 1. The van der Waals surface area contributed by atoms with Gasteiger partial charge in [0, 0.05) is 12.5 Å². The molecule has 2 heterocycles. The summed E-state index contributed by atoms with van der Waals surface area (Å²) in [4.78, 5) is 16.1. The van der Waals surface area contributed by atoms with Crippen LogP contribution in [0.25, 0.3) is 0 Å². The summed E-state index contributed by atoms with van der Waals surface area (Å²) in [5.74, 6) is -4.29. The van der Waals surface area contributed by atoms with Crippen molar-refractivity contribution in [3.8, 4) is 0 Å². The van der Waals surface area contributed by atoms with Crippen LogP contribution in [-0.2, 0) is 0 Å². The van der Waals surface area contributed by atoms with E-state index in [-0.39, 0.29) is 5.69 Å². The van der Waals surface area contributed by atoms with Gasteiger partial charge in [0.1, 0.15) is 5.82 Å². The Labute approximate surface area is 103 Å². The summed E-state index contributed by atoms with van der Waals surface area (Å²) in [6.45, 7) is 1.58. The van der Waals surface area contributed by atoms with Crippen LogP contribution in [0.4, 0.5) is 14.6 Å². The molecule has 0 amide bonds. The number of piperidine rings is 1. The highest BCUT2D eigenvalue weighted by Crippen LogP contribution is 2.33. The number of halogens is 2. The van der Waals surface area contributed by atoms with E-state index in [0.29, 0.717) is 18.8 Å². The number of hydrogen-bond acceptors (Lipinski definition) is 3. The molecule has 0 radical (unpaired) electrons. The second kappa shape index (κ2) is 4.51. The van der Waals surface area contributed by atoms with E-state index in [1.807, 2.05) is 0 Å². The van der Waals surface area contributed by atoms with Crippen LogP contribution >= 0.6 is 0 Å². The standard InChI is InChI=1S/C12H14F2N2O2/c1-8-5-6-16(7-12(8,13)14)10-4-2-3-9(15-10)11(17)18/h2-4,8H,5-7H2,1H3,(H,17,18). The van der Waals surface area contributed by atoms with E-state index >= 15 is 0 Å². The molecular formula is C12H14F2N2O2. The lowest BCUT2D eigenvalue weighted by molar-refractivity contribution is -0.0573. The van der Waals surface area contributed by atoms with E-state index < -0.39 is 24.4 Å². The van der Waals surface area contributed by atoms with E-state index in [1.54, 1.807) is 6.07 Å². The van der Waals surface area contributed by atoms with Crippen LogP contribution in [0.5, 0.6) is 0 Å². The van der Waals surface area contributed by atoms with Crippen LogP contribution in [0, 0.1) is 5.92 Å². The van der Waals surface area contributed by atoms with Gasteiger partial charge in [-0.05, 0) is 18.6 Å². The Balaban J connectivity index is 2.22. The minimum Gasteiger partial charge on any atom is -0.477 e. The third-order valence-electron chi connectivity index (χ3n) is 3.23. The highest BCUT2D eigenvalue weighted by molar-refractivity contribution is 5.85. The second-order valence-electron chi connectivity index (χ2n) is 4.56. The maximum atomic E-state index is 13.6. The lowest BCUT2D eigenvalue weighted by atomic mass is 9.95. The average molecular weight is 256 g/mol. The summed E-state index contributed by atoms with van der Waals surface area (Å²) in [7, 11) is 0. The zero-order chi connectivity index (χ0) is 13.3. The van der Waals surface area contributed by atoms with Crippen molar-refractivity contribution in [3.63, 3.8) is 0 Å². The van der Waals surface area contributed by atoms with E-state index in [0.717, 1.165) is 0 Å². The van der Waals surface area contributed by atoms with Crippen LogP contribution in [0.2, 0.25) is 0 Å². The number of anilines is 1. The Bertz CT molecular complexity index is 465. The average Bonchev–Trinajstić information content (AvgIpc) is 2.33. The molecule has 1 aliphatic rings. The van der Waals surface area contributed by atoms with Crippen LogP contribution in [0.1, 0.15) is 23.8 Å². The van der Waals surface area contributed by atoms with Crippen molar-refractivity contribution in [2.24, 2.45) is 5.92 Å². The molecule has 1 aromatic heterocycles. The molecule has 0 saturated carbocycles. The molecule has 1 saturated heterocycles. The van der Waals surface area contributed by atoms with Crippen molar-refractivity contribution in [2.75, 3.05) is 18.0 Å². The smallest absolute Gasteiger partial charge is 0.354 e. The Hall–Kier alpha value is -1.72. The molecule has 1 fully saturated rings. The lowest BCUT2D eigenvalue weighted by Crippen LogP contribution is -2.48. The Kier molecular flexibility index (Phi) is 3.19. The van der Waals surface area contributed by atoms with Crippen molar-refractivity contribution in [3.05, 3.63) is 23.9 Å². The molecule has 18 heavy (non-hydrogen) atoms. The fourth-order valence-corrected chi connectivity index (χ4v) is 1.96. The minimum atomic E-state index is -2.76. The molecule has 1 aromatic rings. The Morgan fingerprint density at radius 2 is 2.28 bits per heavy atom. The van der Waals surface area contributed by atoms with Gasteiger partial charge >= 0.3 is 5.97 Å².